The molecule has 0 saturated carbocycles. The van der Waals surface area contributed by atoms with Crippen molar-refractivity contribution in [3.8, 4) is 16.9 Å². The maximum Gasteiger partial charge on any atom is 0.255 e. The highest BCUT2D eigenvalue weighted by Crippen LogP contribution is 2.38. The van der Waals surface area contributed by atoms with Gasteiger partial charge in [0.05, 0.1) is 18.2 Å². The summed E-state index contributed by atoms with van der Waals surface area (Å²) >= 11 is 6.25. The van der Waals surface area contributed by atoms with Crippen molar-refractivity contribution in [3.63, 3.8) is 0 Å². The Morgan fingerprint density at radius 3 is 2.56 bits per heavy atom. The highest BCUT2D eigenvalue weighted by molar-refractivity contribution is 6.33. The van der Waals surface area contributed by atoms with Crippen LogP contribution in [0.25, 0.3) is 16.9 Å². The topological polar surface area (TPSA) is 64.3 Å². The van der Waals surface area contributed by atoms with Gasteiger partial charge in [0.15, 0.2) is 0 Å². The van der Waals surface area contributed by atoms with Crippen molar-refractivity contribution in [3.05, 3.63) is 35.2 Å². The first-order valence-corrected chi connectivity index (χ1v) is 8.03. The van der Waals surface area contributed by atoms with Crippen LogP contribution in [-0.4, -0.2) is 32.7 Å². The third-order valence-corrected chi connectivity index (χ3v) is 4.15. The molecule has 132 valence electrons. The van der Waals surface area contributed by atoms with E-state index in [9.17, 15) is 8.78 Å². The monoisotopic (exact) mass is 367 g/mol. The number of hydrogen-bond donors (Lipinski definition) is 1. The third kappa shape index (κ3) is 3.09. The Morgan fingerprint density at radius 1 is 1.28 bits per heavy atom. The number of fused-ring (bicyclic) bond motifs is 1. The van der Waals surface area contributed by atoms with E-state index in [0.717, 1.165) is 18.6 Å². The largest absolute Gasteiger partial charge is 0.497 e. The van der Waals surface area contributed by atoms with Gasteiger partial charge in [-0.05, 0) is 13.3 Å². The fourth-order valence-electron chi connectivity index (χ4n) is 2.41. The molecule has 1 unspecified atom stereocenters. The molecule has 0 aliphatic carbocycles. The number of hydrogen-bond acceptors (Lipinski definition) is 5. The van der Waals surface area contributed by atoms with E-state index in [1.807, 2.05) is 13.8 Å². The Labute approximate surface area is 147 Å². The summed E-state index contributed by atoms with van der Waals surface area (Å²) in [5.74, 6) is -1.00. The Bertz CT molecular complexity index is 907. The van der Waals surface area contributed by atoms with E-state index in [4.69, 9.17) is 16.3 Å². The SMILES string of the molecule is CCC(C)Nc1c(-c2c(F)cc(OC)cc2F)c(Cl)nc2ncnn12. The van der Waals surface area contributed by atoms with E-state index < -0.39 is 11.6 Å². The first-order valence-electron chi connectivity index (χ1n) is 7.65. The number of benzene rings is 1. The summed E-state index contributed by atoms with van der Waals surface area (Å²) in [6.45, 7) is 3.91. The van der Waals surface area contributed by atoms with Crippen LogP contribution in [-0.2, 0) is 0 Å². The van der Waals surface area contributed by atoms with Crippen molar-refractivity contribution in [2.75, 3.05) is 12.4 Å². The molecule has 0 fully saturated rings. The van der Waals surface area contributed by atoms with Gasteiger partial charge in [-0.3, -0.25) is 0 Å². The summed E-state index contributed by atoms with van der Waals surface area (Å²) in [5, 5.41) is 7.19. The van der Waals surface area contributed by atoms with Crippen LogP contribution in [0.4, 0.5) is 14.6 Å². The van der Waals surface area contributed by atoms with Crippen molar-refractivity contribution in [1.82, 2.24) is 19.6 Å². The number of nitrogens with zero attached hydrogens (tertiary/aromatic N) is 4. The second-order valence-electron chi connectivity index (χ2n) is 5.52. The highest BCUT2D eigenvalue weighted by Gasteiger charge is 2.24. The molecule has 3 rings (SSSR count). The molecule has 25 heavy (non-hydrogen) atoms. The second-order valence-corrected chi connectivity index (χ2v) is 5.88. The molecule has 0 spiro atoms. The van der Waals surface area contributed by atoms with Crippen molar-refractivity contribution < 1.29 is 13.5 Å². The molecule has 0 bridgehead atoms. The lowest BCUT2D eigenvalue weighted by molar-refractivity contribution is 0.407. The zero-order valence-corrected chi connectivity index (χ0v) is 14.6. The van der Waals surface area contributed by atoms with Gasteiger partial charge in [-0.1, -0.05) is 18.5 Å². The third-order valence-electron chi connectivity index (χ3n) is 3.88. The minimum absolute atomic E-state index is 0.00832. The van der Waals surface area contributed by atoms with Gasteiger partial charge < -0.3 is 10.1 Å². The van der Waals surface area contributed by atoms with Crippen LogP contribution in [0.1, 0.15) is 20.3 Å². The molecule has 6 nitrogen and oxygen atoms in total. The number of halogens is 3. The van der Waals surface area contributed by atoms with E-state index >= 15 is 0 Å². The summed E-state index contributed by atoms with van der Waals surface area (Å²) in [6, 6.07) is 2.19. The van der Waals surface area contributed by atoms with Crippen molar-refractivity contribution >= 4 is 23.2 Å². The lowest BCUT2D eigenvalue weighted by Gasteiger charge is -2.19. The van der Waals surface area contributed by atoms with Crippen molar-refractivity contribution in [2.24, 2.45) is 0 Å². The van der Waals surface area contributed by atoms with Crippen LogP contribution in [0.3, 0.4) is 0 Å². The van der Waals surface area contributed by atoms with E-state index in [-0.39, 0.29) is 33.8 Å². The fourth-order valence-corrected chi connectivity index (χ4v) is 2.67. The molecule has 0 radical (unpaired) electrons. The number of rotatable bonds is 5. The predicted molar refractivity (Wildman–Crippen MR) is 91.1 cm³/mol. The van der Waals surface area contributed by atoms with E-state index in [2.05, 4.69) is 20.4 Å². The average molecular weight is 368 g/mol. The highest BCUT2D eigenvalue weighted by atomic mass is 35.5. The van der Waals surface area contributed by atoms with Gasteiger partial charge in [0.25, 0.3) is 5.78 Å². The van der Waals surface area contributed by atoms with Crippen LogP contribution in [0, 0.1) is 11.6 Å². The fraction of sp³-hybridized carbons (Fsp3) is 0.312. The number of nitrogens with one attached hydrogen (secondary N) is 1. The molecule has 9 heteroatoms. The smallest absolute Gasteiger partial charge is 0.255 e. The minimum atomic E-state index is -0.813. The van der Waals surface area contributed by atoms with Crippen molar-refractivity contribution in [1.29, 1.82) is 0 Å². The molecule has 0 amide bonds. The van der Waals surface area contributed by atoms with Gasteiger partial charge in [-0.25, -0.2) is 8.78 Å². The van der Waals surface area contributed by atoms with Gasteiger partial charge in [0.1, 0.15) is 34.7 Å². The van der Waals surface area contributed by atoms with Crippen LogP contribution in [0.15, 0.2) is 18.5 Å². The number of methoxy groups -OCH3 is 1. The van der Waals surface area contributed by atoms with Crippen LogP contribution < -0.4 is 10.1 Å². The summed E-state index contributed by atoms with van der Waals surface area (Å²) in [5.41, 5.74) is -0.223. The van der Waals surface area contributed by atoms with E-state index in [1.165, 1.54) is 18.0 Å². The first kappa shape index (κ1) is 17.3. The summed E-state index contributed by atoms with van der Waals surface area (Å²) < 4.78 is 35.5. The van der Waals surface area contributed by atoms with E-state index in [0.29, 0.717) is 5.82 Å². The maximum absolute atomic E-state index is 14.6. The standard InChI is InChI=1S/C16H16ClF2N5O/c1-4-8(2)22-15-13(14(17)23-16-20-7-21-24(15)16)12-10(18)5-9(25-3)6-11(12)19/h5-8,22H,4H2,1-3H3. The summed E-state index contributed by atoms with van der Waals surface area (Å²) in [7, 11) is 1.33. The Hall–Kier alpha value is -2.48. The number of aromatic nitrogens is 4. The minimum Gasteiger partial charge on any atom is -0.497 e. The summed E-state index contributed by atoms with van der Waals surface area (Å²) in [6.07, 6.45) is 2.08. The Kier molecular flexibility index (Phi) is 4.71. The Balaban J connectivity index is 2.32. The predicted octanol–water partition coefficient (Wildman–Crippen LogP) is 3.94. The first-order chi connectivity index (χ1) is 12.0. The average Bonchev–Trinajstić information content (AvgIpc) is 3.04. The molecule has 1 aromatic carbocycles. The lowest BCUT2D eigenvalue weighted by atomic mass is 10.1. The zero-order valence-electron chi connectivity index (χ0n) is 13.8. The normalized spacial score (nSPS) is 12.4. The van der Waals surface area contributed by atoms with Gasteiger partial charge in [-0.15, -0.1) is 0 Å². The molecule has 3 aromatic rings. The molecule has 0 aliphatic rings. The van der Waals surface area contributed by atoms with Gasteiger partial charge in [-0.2, -0.15) is 19.6 Å². The molecular formula is C16H16ClF2N5O. The molecule has 2 heterocycles. The van der Waals surface area contributed by atoms with Crippen molar-refractivity contribution in [2.45, 2.75) is 26.3 Å². The maximum atomic E-state index is 14.6. The van der Waals surface area contributed by atoms with Crippen LogP contribution in [0.2, 0.25) is 5.15 Å². The second kappa shape index (κ2) is 6.79. The van der Waals surface area contributed by atoms with Crippen LogP contribution in [0.5, 0.6) is 5.75 Å². The number of ether oxygens (including phenoxy) is 1. The molecular weight excluding hydrogens is 352 g/mol. The van der Waals surface area contributed by atoms with Crippen LogP contribution >= 0.6 is 11.6 Å². The summed E-state index contributed by atoms with van der Waals surface area (Å²) in [4.78, 5) is 8.07. The number of anilines is 1. The quantitative estimate of drug-likeness (QED) is 0.692. The van der Waals surface area contributed by atoms with E-state index in [1.54, 1.807) is 0 Å². The Morgan fingerprint density at radius 2 is 1.96 bits per heavy atom. The molecule has 1 atom stereocenters. The molecule has 2 aromatic heterocycles. The molecule has 0 saturated heterocycles. The van der Waals surface area contributed by atoms with Gasteiger partial charge >= 0.3 is 0 Å². The van der Waals surface area contributed by atoms with Gasteiger partial charge in [0, 0.05) is 18.2 Å². The molecule has 1 N–H and O–H groups in total. The zero-order chi connectivity index (χ0) is 18.1. The lowest BCUT2D eigenvalue weighted by Crippen LogP contribution is -2.18. The molecule has 0 aliphatic heterocycles. The van der Waals surface area contributed by atoms with Gasteiger partial charge in [0.2, 0.25) is 0 Å².